The van der Waals surface area contributed by atoms with Crippen LogP contribution in [0.4, 0.5) is 0 Å². The van der Waals surface area contributed by atoms with Crippen LogP contribution in [0.15, 0.2) is 24.3 Å². The van der Waals surface area contributed by atoms with Crippen molar-refractivity contribution in [1.82, 2.24) is 4.90 Å². The molecule has 0 saturated heterocycles. The van der Waals surface area contributed by atoms with E-state index in [0.717, 1.165) is 24.2 Å². The second-order valence-corrected chi connectivity index (χ2v) is 5.64. The van der Waals surface area contributed by atoms with Crippen molar-refractivity contribution >= 4 is 5.91 Å². The lowest BCUT2D eigenvalue weighted by atomic mass is 9.99. The molecule has 0 spiro atoms. The minimum atomic E-state index is -0.405. The summed E-state index contributed by atoms with van der Waals surface area (Å²) in [5.41, 5.74) is 7.09. The Balaban J connectivity index is 2.32. The van der Waals surface area contributed by atoms with Crippen LogP contribution in [0.25, 0.3) is 0 Å². The lowest BCUT2D eigenvalue weighted by Crippen LogP contribution is -2.45. The maximum atomic E-state index is 12.1. The first-order valence-electron chi connectivity index (χ1n) is 7.66. The fraction of sp³-hybridized carbons (Fsp3) is 0.588. The highest BCUT2D eigenvalue weighted by molar-refractivity contribution is 5.81. The summed E-state index contributed by atoms with van der Waals surface area (Å²) in [7, 11) is 1.80. The molecule has 1 amide bonds. The summed E-state index contributed by atoms with van der Waals surface area (Å²) in [5, 5.41) is 0. The second-order valence-electron chi connectivity index (χ2n) is 5.64. The maximum Gasteiger partial charge on any atom is 0.239 e. The Labute approximate surface area is 128 Å². The van der Waals surface area contributed by atoms with Gasteiger partial charge in [0.05, 0.1) is 12.6 Å². The number of para-hydroxylation sites is 1. The molecule has 0 fully saturated rings. The van der Waals surface area contributed by atoms with Crippen LogP contribution in [0.5, 0.6) is 5.75 Å². The molecule has 0 bridgehead atoms. The van der Waals surface area contributed by atoms with Crippen molar-refractivity contribution in [1.29, 1.82) is 0 Å². The standard InChI is InChI=1S/C17H28N2O2/c1-5-13(2)16(18)17(20)19(4)11-8-12-21-15-10-7-6-9-14(15)3/h6-7,9-10,13,16H,5,8,11-12,18H2,1-4H3. The number of hydrogen-bond acceptors (Lipinski definition) is 3. The van der Waals surface area contributed by atoms with E-state index >= 15 is 0 Å². The van der Waals surface area contributed by atoms with Gasteiger partial charge in [-0.2, -0.15) is 0 Å². The van der Waals surface area contributed by atoms with Crippen molar-refractivity contribution in [2.45, 2.75) is 39.7 Å². The quantitative estimate of drug-likeness (QED) is 0.749. The molecular weight excluding hydrogens is 264 g/mol. The Bertz CT molecular complexity index is 448. The topological polar surface area (TPSA) is 55.6 Å². The van der Waals surface area contributed by atoms with E-state index in [1.807, 2.05) is 45.0 Å². The third-order valence-electron chi connectivity index (χ3n) is 3.91. The lowest BCUT2D eigenvalue weighted by Gasteiger charge is -2.24. The molecule has 4 heteroatoms. The smallest absolute Gasteiger partial charge is 0.239 e. The van der Waals surface area contributed by atoms with Gasteiger partial charge in [0.25, 0.3) is 0 Å². The fourth-order valence-electron chi connectivity index (χ4n) is 2.06. The van der Waals surface area contributed by atoms with Crippen LogP contribution in [-0.2, 0) is 4.79 Å². The molecule has 0 aliphatic rings. The van der Waals surface area contributed by atoms with Gasteiger partial charge in [-0.3, -0.25) is 4.79 Å². The highest BCUT2D eigenvalue weighted by Gasteiger charge is 2.22. The Hall–Kier alpha value is -1.55. The molecule has 0 aliphatic carbocycles. The second kappa shape index (κ2) is 8.67. The Morgan fingerprint density at radius 1 is 1.38 bits per heavy atom. The molecule has 1 aromatic carbocycles. The average Bonchev–Trinajstić information content (AvgIpc) is 2.50. The van der Waals surface area contributed by atoms with E-state index in [-0.39, 0.29) is 11.8 Å². The predicted octanol–water partition coefficient (Wildman–Crippen LogP) is 2.60. The normalized spacial score (nSPS) is 13.6. The zero-order chi connectivity index (χ0) is 15.8. The molecule has 2 atom stereocenters. The van der Waals surface area contributed by atoms with Gasteiger partial charge in [0.2, 0.25) is 5.91 Å². The number of nitrogens with two attached hydrogens (primary N) is 1. The van der Waals surface area contributed by atoms with Crippen molar-refractivity contribution in [2.24, 2.45) is 11.7 Å². The summed E-state index contributed by atoms with van der Waals surface area (Å²) in [4.78, 5) is 13.8. The van der Waals surface area contributed by atoms with E-state index < -0.39 is 6.04 Å². The third kappa shape index (κ3) is 5.38. The zero-order valence-corrected chi connectivity index (χ0v) is 13.6. The van der Waals surface area contributed by atoms with Gasteiger partial charge >= 0.3 is 0 Å². The van der Waals surface area contributed by atoms with Gasteiger partial charge in [0.15, 0.2) is 0 Å². The number of nitrogens with zero attached hydrogens (tertiary/aromatic N) is 1. The van der Waals surface area contributed by atoms with Crippen LogP contribution in [0.3, 0.4) is 0 Å². The van der Waals surface area contributed by atoms with E-state index in [9.17, 15) is 4.79 Å². The highest BCUT2D eigenvalue weighted by atomic mass is 16.5. The maximum absolute atomic E-state index is 12.1. The van der Waals surface area contributed by atoms with E-state index in [1.165, 1.54) is 0 Å². The number of rotatable bonds is 8. The van der Waals surface area contributed by atoms with E-state index in [1.54, 1.807) is 11.9 Å². The van der Waals surface area contributed by atoms with Gasteiger partial charge in [-0.25, -0.2) is 0 Å². The first-order valence-corrected chi connectivity index (χ1v) is 7.66. The predicted molar refractivity (Wildman–Crippen MR) is 86.4 cm³/mol. The van der Waals surface area contributed by atoms with Crippen LogP contribution < -0.4 is 10.5 Å². The van der Waals surface area contributed by atoms with Crippen LogP contribution in [0.2, 0.25) is 0 Å². The SMILES string of the molecule is CCC(C)C(N)C(=O)N(C)CCCOc1ccccc1C. The molecule has 2 unspecified atom stereocenters. The van der Waals surface area contributed by atoms with E-state index in [0.29, 0.717) is 13.2 Å². The molecule has 0 radical (unpaired) electrons. The molecule has 0 aromatic heterocycles. The number of aryl methyl sites for hydroxylation is 1. The number of carbonyl (C=O) groups excluding carboxylic acids is 1. The van der Waals surface area contributed by atoms with Gasteiger partial charge in [0.1, 0.15) is 5.75 Å². The summed E-state index contributed by atoms with van der Waals surface area (Å²) >= 11 is 0. The minimum absolute atomic E-state index is 0.0141. The molecule has 0 heterocycles. The van der Waals surface area contributed by atoms with Crippen LogP contribution in [0.1, 0.15) is 32.3 Å². The molecule has 21 heavy (non-hydrogen) atoms. The van der Waals surface area contributed by atoms with Crippen molar-refractivity contribution < 1.29 is 9.53 Å². The molecule has 0 aliphatic heterocycles. The van der Waals surface area contributed by atoms with Crippen molar-refractivity contribution in [3.05, 3.63) is 29.8 Å². The monoisotopic (exact) mass is 292 g/mol. The van der Waals surface area contributed by atoms with Crippen LogP contribution in [0, 0.1) is 12.8 Å². The lowest BCUT2D eigenvalue weighted by molar-refractivity contribution is -0.132. The van der Waals surface area contributed by atoms with Gasteiger partial charge < -0.3 is 15.4 Å². The number of benzene rings is 1. The number of amides is 1. The molecule has 118 valence electrons. The van der Waals surface area contributed by atoms with Gasteiger partial charge in [-0.15, -0.1) is 0 Å². The number of hydrogen-bond donors (Lipinski definition) is 1. The Morgan fingerprint density at radius 3 is 2.67 bits per heavy atom. The van der Waals surface area contributed by atoms with Crippen molar-refractivity contribution in [3.63, 3.8) is 0 Å². The van der Waals surface area contributed by atoms with Gasteiger partial charge in [-0.1, -0.05) is 38.5 Å². The van der Waals surface area contributed by atoms with E-state index in [2.05, 4.69) is 0 Å². The fourth-order valence-corrected chi connectivity index (χ4v) is 2.06. The summed E-state index contributed by atoms with van der Waals surface area (Å²) in [6, 6.07) is 7.53. The van der Waals surface area contributed by atoms with Crippen molar-refractivity contribution in [2.75, 3.05) is 20.2 Å². The first kappa shape index (κ1) is 17.5. The van der Waals surface area contributed by atoms with E-state index in [4.69, 9.17) is 10.5 Å². The van der Waals surface area contributed by atoms with Crippen LogP contribution >= 0.6 is 0 Å². The molecule has 1 rings (SSSR count). The third-order valence-corrected chi connectivity index (χ3v) is 3.91. The Morgan fingerprint density at radius 2 is 2.05 bits per heavy atom. The zero-order valence-electron chi connectivity index (χ0n) is 13.6. The summed E-state index contributed by atoms with van der Waals surface area (Å²) in [5.74, 6) is 1.13. The highest BCUT2D eigenvalue weighted by Crippen LogP contribution is 2.16. The largest absolute Gasteiger partial charge is 0.493 e. The molecule has 2 N–H and O–H groups in total. The molecule has 1 aromatic rings. The summed E-state index contributed by atoms with van der Waals surface area (Å²) in [6.07, 6.45) is 1.71. The van der Waals surface area contributed by atoms with Gasteiger partial charge in [0, 0.05) is 13.6 Å². The molecular formula is C17H28N2O2. The molecule has 0 saturated carbocycles. The number of ether oxygens (including phenoxy) is 1. The Kier molecular flexibility index (Phi) is 7.23. The molecule has 4 nitrogen and oxygen atoms in total. The average molecular weight is 292 g/mol. The van der Waals surface area contributed by atoms with Crippen molar-refractivity contribution in [3.8, 4) is 5.75 Å². The van der Waals surface area contributed by atoms with Crippen LogP contribution in [-0.4, -0.2) is 37.0 Å². The minimum Gasteiger partial charge on any atom is -0.493 e. The number of likely N-dealkylation sites (N-methyl/N-ethyl adjacent to an activating group) is 1. The summed E-state index contributed by atoms with van der Waals surface area (Å²) < 4.78 is 5.73. The summed E-state index contributed by atoms with van der Waals surface area (Å²) in [6.45, 7) is 7.34. The van der Waals surface area contributed by atoms with Gasteiger partial charge in [-0.05, 0) is 30.9 Å². The first-order chi connectivity index (χ1) is 9.97. The number of carbonyl (C=O) groups is 1.